The molecular weight excluding hydrogens is 268 g/mol. The normalized spacial score (nSPS) is 10.7. The van der Waals surface area contributed by atoms with Crippen molar-refractivity contribution in [2.45, 2.75) is 13.3 Å². The average Bonchev–Trinajstić information content (AvgIpc) is 2.81. The van der Waals surface area contributed by atoms with Crippen LogP contribution in [-0.2, 0) is 6.42 Å². The topological polar surface area (TPSA) is 48.1 Å². The lowest BCUT2D eigenvalue weighted by atomic mass is 10.1. The van der Waals surface area contributed by atoms with Crippen LogP contribution < -0.4 is 10.5 Å². The molecule has 0 saturated heterocycles. The summed E-state index contributed by atoms with van der Waals surface area (Å²) in [5, 5.41) is 3.76. The van der Waals surface area contributed by atoms with Gasteiger partial charge in [-0.15, -0.1) is 11.3 Å². The van der Waals surface area contributed by atoms with Crippen LogP contribution in [0.4, 0.5) is 0 Å². The molecule has 1 aromatic heterocycles. The van der Waals surface area contributed by atoms with Crippen LogP contribution in [-0.4, -0.2) is 18.6 Å². The Kier molecular flexibility index (Phi) is 4.22. The van der Waals surface area contributed by atoms with E-state index in [0.29, 0.717) is 6.54 Å². The fourth-order valence-corrected chi connectivity index (χ4v) is 2.67. The van der Waals surface area contributed by atoms with Gasteiger partial charge in [0, 0.05) is 22.4 Å². The Morgan fingerprint density at radius 3 is 2.89 bits per heavy atom. The van der Waals surface area contributed by atoms with Crippen molar-refractivity contribution in [1.82, 2.24) is 4.98 Å². The highest BCUT2D eigenvalue weighted by Crippen LogP contribution is 2.35. The van der Waals surface area contributed by atoms with Crippen molar-refractivity contribution in [3.05, 3.63) is 33.1 Å². The number of methoxy groups -OCH3 is 1. The van der Waals surface area contributed by atoms with Crippen molar-refractivity contribution in [2.75, 3.05) is 13.7 Å². The minimum Gasteiger partial charge on any atom is -0.496 e. The van der Waals surface area contributed by atoms with Gasteiger partial charge in [0.25, 0.3) is 0 Å². The smallest absolute Gasteiger partial charge is 0.128 e. The summed E-state index contributed by atoms with van der Waals surface area (Å²) in [4.78, 5) is 4.55. The molecule has 2 aromatic rings. The highest BCUT2D eigenvalue weighted by Gasteiger charge is 2.12. The van der Waals surface area contributed by atoms with Crippen LogP contribution in [0, 0.1) is 6.92 Å². The largest absolute Gasteiger partial charge is 0.496 e. The molecule has 0 aliphatic carbocycles. The first kappa shape index (κ1) is 13.3. The fraction of sp³-hybridized carbons (Fsp3) is 0.308. The van der Waals surface area contributed by atoms with Crippen LogP contribution in [0.25, 0.3) is 11.3 Å². The van der Waals surface area contributed by atoms with Gasteiger partial charge >= 0.3 is 0 Å². The summed E-state index contributed by atoms with van der Waals surface area (Å²) in [5.41, 5.74) is 8.34. The van der Waals surface area contributed by atoms with Gasteiger partial charge in [0.15, 0.2) is 0 Å². The van der Waals surface area contributed by atoms with Crippen LogP contribution in [0.1, 0.15) is 10.6 Å². The molecule has 0 fully saturated rings. The van der Waals surface area contributed by atoms with Crippen LogP contribution in [0.15, 0.2) is 17.5 Å². The summed E-state index contributed by atoms with van der Waals surface area (Å²) < 4.78 is 5.39. The first-order valence-electron chi connectivity index (χ1n) is 5.64. The minimum atomic E-state index is 0.610. The minimum absolute atomic E-state index is 0.610. The summed E-state index contributed by atoms with van der Waals surface area (Å²) >= 11 is 7.77. The number of hydrogen-bond acceptors (Lipinski definition) is 4. The van der Waals surface area contributed by atoms with Gasteiger partial charge in [-0.3, -0.25) is 0 Å². The summed E-state index contributed by atoms with van der Waals surface area (Å²) in [6.07, 6.45) is 0.798. The number of rotatable bonds is 4. The maximum absolute atomic E-state index is 6.16. The maximum atomic E-state index is 6.16. The number of ether oxygens (including phenoxy) is 1. The SMILES string of the molecule is COc1cc(C)c(Cl)cc1-c1csc(CCN)n1. The zero-order chi connectivity index (χ0) is 13.1. The lowest BCUT2D eigenvalue weighted by Crippen LogP contribution is -2.02. The van der Waals surface area contributed by atoms with E-state index in [1.807, 2.05) is 24.4 Å². The molecule has 1 heterocycles. The number of aryl methyl sites for hydroxylation is 1. The number of aromatic nitrogens is 1. The monoisotopic (exact) mass is 282 g/mol. The molecule has 0 aliphatic heterocycles. The second kappa shape index (κ2) is 5.69. The van der Waals surface area contributed by atoms with E-state index >= 15 is 0 Å². The molecule has 2 N–H and O–H groups in total. The van der Waals surface area contributed by atoms with Crippen LogP contribution in [0.2, 0.25) is 5.02 Å². The highest BCUT2D eigenvalue weighted by atomic mass is 35.5. The van der Waals surface area contributed by atoms with E-state index in [1.54, 1.807) is 18.4 Å². The molecule has 0 radical (unpaired) electrons. The molecule has 0 saturated carbocycles. The molecule has 3 nitrogen and oxygen atoms in total. The Labute approximate surface area is 116 Å². The lowest BCUT2D eigenvalue weighted by Gasteiger charge is -2.09. The quantitative estimate of drug-likeness (QED) is 0.936. The van der Waals surface area contributed by atoms with Gasteiger partial charge in [0.1, 0.15) is 5.75 Å². The molecule has 5 heteroatoms. The molecule has 18 heavy (non-hydrogen) atoms. The number of thiazole rings is 1. The third-order valence-electron chi connectivity index (χ3n) is 2.67. The van der Waals surface area contributed by atoms with Crippen LogP contribution in [0.3, 0.4) is 0 Å². The van der Waals surface area contributed by atoms with E-state index < -0.39 is 0 Å². The van der Waals surface area contributed by atoms with Gasteiger partial charge in [-0.05, 0) is 31.2 Å². The predicted octanol–water partition coefficient (Wildman–Crippen LogP) is 3.28. The lowest BCUT2D eigenvalue weighted by molar-refractivity contribution is 0.416. The van der Waals surface area contributed by atoms with E-state index in [0.717, 1.165) is 39.0 Å². The zero-order valence-electron chi connectivity index (χ0n) is 10.4. The van der Waals surface area contributed by atoms with Crippen molar-refractivity contribution in [3.63, 3.8) is 0 Å². The first-order valence-corrected chi connectivity index (χ1v) is 6.90. The standard InChI is InChI=1S/C13H15ClN2OS/c1-8-5-12(17-2)9(6-10(8)14)11-7-18-13(16-11)3-4-15/h5-7H,3-4,15H2,1-2H3. The summed E-state index contributed by atoms with van der Waals surface area (Å²) in [7, 11) is 1.65. The summed E-state index contributed by atoms with van der Waals surface area (Å²) in [5.74, 6) is 0.793. The number of nitrogens with zero attached hydrogens (tertiary/aromatic N) is 1. The molecule has 0 aliphatic rings. The van der Waals surface area contributed by atoms with Gasteiger partial charge in [-0.2, -0.15) is 0 Å². The van der Waals surface area contributed by atoms with Crippen molar-refractivity contribution < 1.29 is 4.74 Å². The zero-order valence-corrected chi connectivity index (χ0v) is 11.9. The van der Waals surface area contributed by atoms with Crippen molar-refractivity contribution in [3.8, 4) is 17.0 Å². The van der Waals surface area contributed by atoms with Crippen molar-refractivity contribution >= 4 is 22.9 Å². The van der Waals surface area contributed by atoms with Gasteiger partial charge < -0.3 is 10.5 Å². The first-order chi connectivity index (χ1) is 8.65. The third kappa shape index (κ3) is 2.66. The Bertz CT molecular complexity index is 554. The molecule has 0 bridgehead atoms. The Morgan fingerprint density at radius 1 is 1.44 bits per heavy atom. The summed E-state index contributed by atoms with van der Waals surface area (Å²) in [6.45, 7) is 2.56. The molecule has 1 aromatic carbocycles. The van der Waals surface area contributed by atoms with E-state index in [4.69, 9.17) is 22.1 Å². The molecule has 2 rings (SSSR count). The van der Waals surface area contributed by atoms with Gasteiger partial charge in [-0.25, -0.2) is 4.98 Å². The van der Waals surface area contributed by atoms with Gasteiger partial charge in [0.05, 0.1) is 17.8 Å². The number of nitrogens with two attached hydrogens (primary N) is 1. The number of halogens is 1. The molecular formula is C13H15ClN2OS. The highest BCUT2D eigenvalue weighted by molar-refractivity contribution is 7.09. The Hall–Kier alpha value is -1.10. The van der Waals surface area contributed by atoms with Crippen LogP contribution in [0.5, 0.6) is 5.75 Å². The van der Waals surface area contributed by atoms with E-state index in [9.17, 15) is 0 Å². The average molecular weight is 283 g/mol. The van der Waals surface area contributed by atoms with Gasteiger partial charge in [-0.1, -0.05) is 11.6 Å². The Morgan fingerprint density at radius 2 is 2.22 bits per heavy atom. The molecule has 0 unspecified atom stereocenters. The maximum Gasteiger partial charge on any atom is 0.128 e. The second-order valence-electron chi connectivity index (χ2n) is 3.97. The molecule has 0 atom stereocenters. The van der Waals surface area contributed by atoms with Crippen molar-refractivity contribution in [2.24, 2.45) is 5.73 Å². The van der Waals surface area contributed by atoms with E-state index in [1.165, 1.54) is 0 Å². The second-order valence-corrected chi connectivity index (χ2v) is 5.32. The fourth-order valence-electron chi connectivity index (χ4n) is 1.70. The summed E-state index contributed by atoms with van der Waals surface area (Å²) in [6, 6.07) is 3.83. The van der Waals surface area contributed by atoms with E-state index in [2.05, 4.69) is 4.98 Å². The predicted molar refractivity (Wildman–Crippen MR) is 76.6 cm³/mol. The Balaban J connectivity index is 2.45. The van der Waals surface area contributed by atoms with Crippen molar-refractivity contribution in [1.29, 1.82) is 0 Å². The number of hydrogen-bond donors (Lipinski definition) is 1. The number of benzene rings is 1. The molecule has 0 spiro atoms. The van der Waals surface area contributed by atoms with Gasteiger partial charge in [0.2, 0.25) is 0 Å². The third-order valence-corrected chi connectivity index (χ3v) is 3.98. The molecule has 96 valence electrons. The van der Waals surface area contributed by atoms with Crippen LogP contribution >= 0.6 is 22.9 Å². The molecule has 0 amide bonds. The van der Waals surface area contributed by atoms with E-state index in [-0.39, 0.29) is 0 Å².